The van der Waals surface area contributed by atoms with Gasteiger partial charge in [-0.3, -0.25) is 9.89 Å². The molecule has 22 heavy (non-hydrogen) atoms. The summed E-state index contributed by atoms with van der Waals surface area (Å²) in [6, 6.07) is 9.96. The van der Waals surface area contributed by atoms with E-state index in [0.717, 1.165) is 17.8 Å². The van der Waals surface area contributed by atoms with Crippen LogP contribution >= 0.6 is 28.3 Å². The molecule has 0 aliphatic rings. The second-order valence-electron chi connectivity index (χ2n) is 4.80. The number of aromatic amines is 1. The van der Waals surface area contributed by atoms with E-state index in [4.69, 9.17) is 0 Å². The lowest BCUT2D eigenvalue weighted by molar-refractivity contribution is 0.0944. The van der Waals surface area contributed by atoms with E-state index in [-0.39, 0.29) is 24.4 Å². The maximum absolute atomic E-state index is 12.2. The number of H-pyrrole nitrogens is 1. The summed E-state index contributed by atoms with van der Waals surface area (Å²) in [4.78, 5) is 12.2. The Hall–Kier alpha value is -1.37. The van der Waals surface area contributed by atoms with Gasteiger partial charge in [-0.2, -0.15) is 5.10 Å². The number of halogens is 2. The molecule has 0 bridgehead atoms. The molecule has 1 heterocycles. The molecule has 120 valence electrons. The van der Waals surface area contributed by atoms with E-state index in [1.807, 2.05) is 44.2 Å². The molecule has 0 unspecified atom stereocenters. The third-order valence-electron chi connectivity index (χ3n) is 3.10. The number of nitrogens with zero attached hydrogens (tertiary/aromatic N) is 1. The lowest BCUT2D eigenvalue weighted by Crippen LogP contribution is -2.39. The summed E-state index contributed by atoms with van der Waals surface area (Å²) in [7, 11) is 0. The van der Waals surface area contributed by atoms with Gasteiger partial charge in [0.25, 0.3) is 5.91 Å². The fourth-order valence-electron chi connectivity index (χ4n) is 2.02. The van der Waals surface area contributed by atoms with Gasteiger partial charge >= 0.3 is 0 Å². The highest BCUT2D eigenvalue weighted by molar-refractivity contribution is 9.10. The van der Waals surface area contributed by atoms with Crippen molar-refractivity contribution in [1.29, 1.82) is 0 Å². The maximum Gasteiger partial charge on any atom is 0.270 e. The first kappa shape index (κ1) is 18.7. The largest absolute Gasteiger partial charge is 0.349 e. The Morgan fingerprint density at radius 1 is 1.36 bits per heavy atom. The van der Waals surface area contributed by atoms with Crippen LogP contribution < -0.4 is 10.6 Å². The van der Waals surface area contributed by atoms with Crippen molar-refractivity contribution in [3.8, 4) is 11.3 Å². The van der Waals surface area contributed by atoms with E-state index in [2.05, 4.69) is 36.8 Å². The van der Waals surface area contributed by atoms with Crippen LogP contribution in [0.25, 0.3) is 11.3 Å². The van der Waals surface area contributed by atoms with Gasteiger partial charge in [0.2, 0.25) is 0 Å². The molecule has 0 aliphatic carbocycles. The van der Waals surface area contributed by atoms with Crippen LogP contribution in [0.4, 0.5) is 0 Å². The summed E-state index contributed by atoms with van der Waals surface area (Å²) in [5.74, 6) is -0.165. The predicted molar refractivity (Wildman–Crippen MR) is 94.4 cm³/mol. The Kier molecular flexibility index (Phi) is 7.58. The number of rotatable bonds is 6. The number of carbonyl (C=O) groups is 1. The van der Waals surface area contributed by atoms with Gasteiger partial charge < -0.3 is 10.6 Å². The Labute approximate surface area is 144 Å². The molecule has 1 amide bonds. The van der Waals surface area contributed by atoms with E-state index in [1.54, 1.807) is 0 Å². The van der Waals surface area contributed by atoms with Crippen LogP contribution in [-0.2, 0) is 0 Å². The zero-order valence-corrected chi connectivity index (χ0v) is 14.9. The zero-order valence-electron chi connectivity index (χ0n) is 12.5. The molecule has 1 aromatic heterocycles. The molecule has 7 heteroatoms. The molecule has 0 saturated carbocycles. The summed E-state index contributed by atoms with van der Waals surface area (Å²) in [5, 5.41) is 13.2. The summed E-state index contributed by atoms with van der Waals surface area (Å²) in [5.41, 5.74) is 2.14. The second kappa shape index (κ2) is 8.92. The van der Waals surface area contributed by atoms with Gasteiger partial charge in [0, 0.05) is 18.2 Å². The lowest BCUT2D eigenvalue weighted by atomic mass is 10.1. The Balaban J connectivity index is 0.00000242. The van der Waals surface area contributed by atoms with Crippen LogP contribution in [0, 0.1) is 0 Å². The third kappa shape index (κ3) is 4.56. The molecular formula is C15H20BrClN4O. The highest BCUT2D eigenvalue weighted by Gasteiger charge is 2.18. The van der Waals surface area contributed by atoms with Gasteiger partial charge in [-0.25, -0.2) is 0 Å². The van der Waals surface area contributed by atoms with Crippen molar-refractivity contribution >= 4 is 34.2 Å². The van der Waals surface area contributed by atoms with Gasteiger partial charge in [0.15, 0.2) is 0 Å². The van der Waals surface area contributed by atoms with Crippen molar-refractivity contribution in [3.05, 3.63) is 40.5 Å². The highest BCUT2D eigenvalue weighted by Crippen LogP contribution is 2.28. The van der Waals surface area contributed by atoms with Gasteiger partial charge in [0.1, 0.15) is 11.4 Å². The first-order valence-electron chi connectivity index (χ1n) is 6.94. The summed E-state index contributed by atoms with van der Waals surface area (Å²) in [6.07, 6.45) is 0. The number of aromatic nitrogens is 2. The van der Waals surface area contributed by atoms with Crippen molar-refractivity contribution in [2.45, 2.75) is 19.9 Å². The van der Waals surface area contributed by atoms with Crippen LogP contribution in [0.1, 0.15) is 24.3 Å². The van der Waals surface area contributed by atoms with E-state index in [0.29, 0.717) is 16.7 Å². The van der Waals surface area contributed by atoms with E-state index >= 15 is 0 Å². The zero-order chi connectivity index (χ0) is 15.2. The average Bonchev–Trinajstić information content (AvgIpc) is 2.88. The van der Waals surface area contributed by atoms with Crippen LogP contribution in [-0.4, -0.2) is 35.2 Å². The van der Waals surface area contributed by atoms with Crippen molar-refractivity contribution in [2.24, 2.45) is 0 Å². The monoisotopic (exact) mass is 386 g/mol. The number of benzene rings is 1. The fourth-order valence-corrected chi connectivity index (χ4v) is 2.61. The van der Waals surface area contributed by atoms with E-state index < -0.39 is 0 Å². The summed E-state index contributed by atoms with van der Waals surface area (Å²) < 4.78 is 0.683. The van der Waals surface area contributed by atoms with Gasteiger partial charge in [-0.05, 0) is 29.4 Å². The molecular weight excluding hydrogens is 368 g/mol. The number of amides is 1. The average molecular weight is 388 g/mol. The minimum Gasteiger partial charge on any atom is -0.349 e. The van der Waals surface area contributed by atoms with Gasteiger partial charge in [-0.1, -0.05) is 37.3 Å². The van der Waals surface area contributed by atoms with Gasteiger partial charge in [0.05, 0.1) is 4.47 Å². The van der Waals surface area contributed by atoms with Crippen LogP contribution in [0.5, 0.6) is 0 Å². The fraction of sp³-hybridized carbons (Fsp3) is 0.333. The van der Waals surface area contributed by atoms with Crippen molar-refractivity contribution in [2.75, 3.05) is 13.1 Å². The lowest BCUT2D eigenvalue weighted by Gasteiger charge is -2.12. The first-order chi connectivity index (χ1) is 10.1. The first-order valence-corrected chi connectivity index (χ1v) is 7.73. The number of nitrogens with one attached hydrogen (secondary N) is 3. The maximum atomic E-state index is 12.2. The predicted octanol–water partition coefficient (Wildman–Crippen LogP) is 2.99. The summed E-state index contributed by atoms with van der Waals surface area (Å²) in [6.45, 7) is 5.51. The van der Waals surface area contributed by atoms with Crippen molar-refractivity contribution < 1.29 is 4.79 Å². The van der Waals surface area contributed by atoms with E-state index in [1.165, 1.54) is 0 Å². The molecule has 2 aromatic rings. The van der Waals surface area contributed by atoms with Gasteiger partial charge in [-0.15, -0.1) is 12.4 Å². The molecule has 2 rings (SSSR count). The SMILES string of the molecule is CCN[C@H](C)CNC(=O)c1[nH]nc(-c2ccccc2)c1Br.Cl. The van der Waals surface area contributed by atoms with Crippen molar-refractivity contribution in [3.63, 3.8) is 0 Å². The minimum absolute atomic E-state index is 0. The highest BCUT2D eigenvalue weighted by atomic mass is 79.9. The molecule has 0 radical (unpaired) electrons. The van der Waals surface area contributed by atoms with Crippen LogP contribution in [0.2, 0.25) is 0 Å². The Morgan fingerprint density at radius 3 is 2.68 bits per heavy atom. The summed E-state index contributed by atoms with van der Waals surface area (Å²) >= 11 is 3.46. The molecule has 1 atom stereocenters. The quantitative estimate of drug-likeness (QED) is 0.713. The number of hydrogen-bond donors (Lipinski definition) is 3. The van der Waals surface area contributed by atoms with Crippen LogP contribution in [0.3, 0.4) is 0 Å². The van der Waals surface area contributed by atoms with Crippen LogP contribution in [0.15, 0.2) is 34.8 Å². The second-order valence-corrected chi connectivity index (χ2v) is 5.59. The van der Waals surface area contributed by atoms with E-state index in [9.17, 15) is 4.79 Å². The number of carbonyl (C=O) groups excluding carboxylic acids is 1. The number of likely N-dealkylation sites (N-methyl/N-ethyl adjacent to an activating group) is 1. The smallest absolute Gasteiger partial charge is 0.270 e. The normalized spacial score (nSPS) is 11.6. The topological polar surface area (TPSA) is 69.8 Å². The Morgan fingerprint density at radius 2 is 2.05 bits per heavy atom. The minimum atomic E-state index is -0.165. The molecule has 0 aliphatic heterocycles. The standard InChI is InChI=1S/C15H19BrN4O.ClH/c1-3-17-10(2)9-18-15(21)14-12(16)13(19-20-14)11-7-5-4-6-8-11;/h4-8,10,17H,3,9H2,1-2H3,(H,18,21)(H,19,20);1H/t10-;/m1./s1. The molecule has 0 spiro atoms. The molecule has 0 saturated heterocycles. The Bertz CT molecular complexity index is 603. The molecule has 3 N–H and O–H groups in total. The van der Waals surface area contributed by atoms with Crippen molar-refractivity contribution in [1.82, 2.24) is 20.8 Å². The molecule has 1 aromatic carbocycles. The molecule has 0 fully saturated rings. The number of hydrogen-bond acceptors (Lipinski definition) is 3. The molecule has 5 nitrogen and oxygen atoms in total. The third-order valence-corrected chi connectivity index (χ3v) is 3.87.